The summed E-state index contributed by atoms with van der Waals surface area (Å²) in [6.45, 7) is 0.569. The second-order valence-electron chi connectivity index (χ2n) is 4.44. The van der Waals surface area contributed by atoms with E-state index in [0.29, 0.717) is 18.4 Å². The maximum atomic E-state index is 9.36. The normalized spacial score (nSPS) is 42.0. The predicted octanol–water partition coefficient (Wildman–Crippen LogP) is 1.17. The van der Waals surface area contributed by atoms with Gasteiger partial charge in [-0.2, -0.15) is 0 Å². The molecule has 2 aliphatic rings. The molecule has 2 unspecified atom stereocenters. The Labute approximate surface area is 73.6 Å². The van der Waals surface area contributed by atoms with Crippen LogP contribution in [0.1, 0.15) is 32.1 Å². The summed E-state index contributed by atoms with van der Waals surface area (Å²) in [7, 11) is 0. The van der Waals surface area contributed by atoms with Gasteiger partial charge in [-0.3, -0.25) is 0 Å². The molecule has 0 saturated heterocycles. The van der Waals surface area contributed by atoms with Gasteiger partial charge in [-0.25, -0.2) is 0 Å². The fourth-order valence-electron chi connectivity index (χ4n) is 2.85. The van der Waals surface area contributed by atoms with Crippen molar-refractivity contribution >= 4 is 0 Å². The van der Waals surface area contributed by atoms with Crippen LogP contribution in [0.4, 0.5) is 0 Å². The minimum absolute atomic E-state index is 0.132. The van der Waals surface area contributed by atoms with Gasteiger partial charge in [0.2, 0.25) is 0 Å². The van der Waals surface area contributed by atoms with Crippen LogP contribution in [-0.2, 0) is 0 Å². The molecule has 0 amide bonds. The molecule has 0 aromatic rings. The summed E-state index contributed by atoms with van der Waals surface area (Å²) in [5, 5.41) is 18.5. The molecular formula is C10H18O2. The molecule has 0 bridgehead atoms. The number of rotatable bonds is 3. The molecule has 2 saturated carbocycles. The summed E-state index contributed by atoms with van der Waals surface area (Å²) < 4.78 is 0. The van der Waals surface area contributed by atoms with Gasteiger partial charge in [0, 0.05) is 18.6 Å². The molecule has 2 fully saturated rings. The van der Waals surface area contributed by atoms with Gasteiger partial charge in [0.1, 0.15) is 0 Å². The molecule has 70 valence electrons. The van der Waals surface area contributed by atoms with Crippen LogP contribution in [0.25, 0.3) is 0 Å². The lowest BCUT2D eigenvalue weighted by Gasteiger charge is -2.56. The average molecular weight is 170 g/mol. The second-order valence-corrected chi connectivity index (χ2v) is 4.44. The minimum atomic E-state index is 0.132. The first-order valence-corrected chi connectivity index (χ1v) is 5.05. The van der Waals surface area contributed by atoms with Gasteiger partial charge >= 0.3 is 0 Å². The highest BCUT2D eigenvalue weighted by molar-refractivity contribution is 5.01. The second kappa shape index (κ2) is 3.00. The molecule has 0 aromatic carbocycles. The van der Waals surface area contributed by atoms with Crippen LogP contribution >= 0.6 is 0 Å². The first kappa shape index (κ1) is 8.52. The van der Waals surface area contributed by atoms with Gasteiger partial charge in [0.05, 0.1) is 0 Å². The summed E-state index contributed by atoms with van der Waals surface area (Å²) in [6.07, 6.45) is 6.13. The molecule has 2 aliphatic carbocycles. The molecule has 0 radical (unpaired) electrons. The van der Waals surface area contributed by atoms with Crippen molar-refractivity contribution in [2.75, 3.05) is 13.2 Å². The van der Waals surface area contributed by atoms with Crippen LogP contribution in [-0.4, -0.2) is 23.4 Å². The van der Waals surface area contributed by atoms with Crippen molar-refractivity contribution in [2.45, 2.75) is 32.1 Å². The third kappa shape index (κ3) is 0.944. The molecule has 2 heteroatoms. The number of aliphatic hydroxyl groups is 2. The Hall–Kier alpha value is -0.0800. The SMILES string of the molecule is OCC1CCC1(CO)C1CCC1. The third-order valence-electron chi connectivity index (χ3n) is 4.20. The van der Waals surface area contributed by atoms with Crippen molar-refractivity contribution in [3.63, 3.8) is 0 Å². The topological polar surface area (TPSA) is 40.5 Å². The summed E-state index contributed by atoms with van der Waals surface area (Å²) in [5.74, 6) is 1.11. The van der Waals surface area contributed by atoms with Crippen molar-refractivity contribution in [1.82, 2.24) is 0 Å². The van der Waals surface area contributed by atoms with Crippen LogP contribution in [0, 0.1) is 17.3 Å². The molecule has 12 heavy (non-hydrogen) atoms. The van der Waals surface area contributed by atoms with E-state index in [1.807, 2.05) is 0 Å². The Morgan fingerprint density at radius 3 is 2.17 bits per heavy atom. The van der Waals surface area contributed by atoms with Gasteiger partial charge in [-0.1, -0.05) is 6.42 Å². The van der Waals surface area contributed by atoms with E-state index in [9.17, 15) is 5.11 Å². The quantitative estimate of drug-likeness (QED) is 0.667. The average Bonchev–Trinajstić information content (AvgIpc) is 1.95. The third-order valence-corrected chi connectivity index (χ3v) is 4.20. The maximum Gasteiger partial charge on any atom is 0.0493 e. The summed E-state index contributed by atoms with van der Waals surface area (Å²) in [4.78, 5) is 0. The molecule has 0 spiro atoms. The molecule has 2 rings (SSSR count). The summed E-state index contributed by atoms with van der Waals surface area (Å²) in [6, 6.07) is 0. The fourth-order valence-corrected chi connectivity index (χ4v) is 2.85. The number of aliphatic hydroxyl groups excluding tert-OH is 2. The Morgan fingerprint density at radius 2 is 1.92 bits per heavy atom. The predicted molar refractivity (Wildman–Crippen MR) is 46.7 cm³/mol. The monoisotopic (exact) mass is 170 g/mol. The molecule has 0 aliphatic heterocycles. The van der Waals surface area contributed by atoms with Crippen molar-refractivity contribution < 1.29 is 10.2 Å². The van der Waals surface area contributed by atoms with Gasteiger partial charge in [-0.15, -0.1) is 0 Å². The fraction of sp³-hybridized carbons (Fsp3) is 1.00. The highest BCUT2D eigenvalue weighted by Gasteiger charge is 2.52. The zero-order chi connectivity index (χ0) is 8.60. The zero-order valence-corrected chi connectivity index (χ0v) is 7.50. The first-order valence-electron chi connectivity index (χ1n) is 5.05. The van der Waals surface area contributed by atoms with Crippen molar-refractivity contribution in [1.29, 1.82) is 0 Å². The van der Waals surface area contributed by atoms with Gasteiger partial charge < -0.3 is 10.2 Å². The number of hydrogen-bond donors (Lipinski definition) is 2. The lowest BCUT2D eigenvalue weighted by molar-refractivity contribution is -0.119. The Morgan fingerprint density at radius 1 is 1.17 bits per heavy atom. The highest BCUT2D eigenvalue weighted by atomic mass is 16.3. The maximum absolute atomic E-state index is 9.36. The lowest BCUT2D eigenvalue weighted by atomic mass is 9.50. The van der Waals surface area contributed by atoms with E-state index in [4.69, 9.17) is 5.11 Å². The summed E-state index contributed by atoms with van der Waals surface area (Å²) in [5.41, 5.74) is 0.132. The van der Waals surface area contributed by atoms with Crippen molar-refractivity contribution in [3.05, 3.63) is 0 Å². The summed E-state index contributed by atoms with van der Waals surface area (Å²) >= 11 is 0. The smallest absolute Gasteiger partial charge is 0.0493 e. The van der Waals surface area contributed by atoms with Crippen LogP contribution in [0.3, 0.4) is 0 Å². The largest absolute Gasteiger partial charge is 0.396 e. The van der Waals surface area contributed by atoms with Gasteiger partial charge in [0.15, 0.2) is 0 Å². The van der Waals surface area contributed by atoms with Crippen LogP contribution in [0.5, 0.6) is 0 Å². The Kier molecular flexibility index (Phi) is 2.13. The molecule has 2 atom stereocenters. The van der Waals surface area contributed by atoms with Crippen LogP contribution in [0.15, 0.2) is 0 Å². The Balaban J connectivity index is 2.03. The van der Waals surface area contributed by atoms with E-state index < -0.39 is 0 Å². The van der Waals surface area contributed by atoms with Crippen LogP contribution in [0.2, 0.25) is 0 Å². The van der Waals surface area contributed by atoms with E-state index in [2.05, 4.69) is 0 Å². The first-order chi connectivity index (χ1) is 5.83. The molecule has 0 heterocycles. The highest BCUT2D eigenvalue weighted by Crippen LogP contribution is 2.57. The van der Waals surface area contributed by atoms with E-state index in [0.717, 1.165) is 12.8 Å². The van der Waals surface area contributed by atoms with E-state index in [-0.39, 0.29) is 12.0 Å². The van der Waals surface area contributed by atoms with Gasteiger partial charge in [0.25, 0.3) is 0 Å². The molecule has 2 nitrogen and oxygen atoms in total. The van der Waals surface area contributed by atoms with Crippen molar-refractivity contribution in [3.8, 4) is 0 Å². The molecule has 0 aromatic heterocycles. The van der Waals surface area contributed by atoms with Gasteiger partial charge in [-0.05, 0) is 37.5 Å². The standard InChI is InChI=1S/C10H18O2/c11-6-9-4-5-10(9,7-12)8-2-1-3-8/h8-9,11-12H,1-7H2. The molecule has 2 N–H and O–H groups in total. The lowest BCUT2D eigenvalue weighted by Crippen LogP contribution is -2.52. The number of hydrogen-bond acceptors (Lipinski definition) is 2. The van der Waals surface area contributed by atoms with E-state index >= 15 is 0 Å². The van der Waals surface area contributed by atoms with Crippen molar-refractivity contribution in [2.24, 2.45) is 17.3 Å². The Bertz CT molecular complexity index is 149. The minimum Gasteiger partial charge on any atom is -0.396 e. The van der Waals surface area contributed by atoms with Crippen LogP contribution < -0.4 is 0 Å². The van der Waals surface area contributed by atoms with E-state index in [1.54, 1.807) is 0 Å². The zero-order valence-electron chi connectivity index (χ0n) is 7.50. The molecular weight excluding hydrogens is 152 g/mol. The van der Waals surface area contributed by atoms with E-state index in [1.165, 1.54) is 19.3 Å².